The van der Waals surface area contributed by atoms with Crippen LogP contribution in [0.1, 0.15) is 24.0 Å². The molecule has 3 atom stereocenters. The number of likely N-dealkylation sites (tertiary alicyclic amines) is 2. The van der Waals surface area contributed by atoms with Crippen LogP contribution in [0.4, 0.5) is 36.8 Å². The van der Waals surface area contributed by atoms with Crippen LogP contribution < -0.4 is 4.90 Å². The maximum Gasteiger partial charge on any atom is 0.434 e. The van der Waals surface area contributed by atoms with E-state index in [2.05, 4.69) is 39.7 Å². The van der Waals surface area contributed by atoms with Crippen LogP contribution in [0.25, 0.3) is 0 Å². The number of alkyl halides is 6. The Morgan fingerprint density at radius 1 is 1.08 bits per heavy atom. The van der Waals surface area contributed by atoms with Crippen molar-refractivity contribution in [3.05, 3.63) is 29.3 Å². The highest BCUT2D eigenvalue weighted by molar-refractivity contribution is 5.68. The number of amides is 1. The van der Waals surface area contributed by atoms with Gasteiger partial charge < -0.3 is 19.3 Å². The Labute approximate surface area is 211 Å². The second-order valence-corrected chi connectivity index (χ2v) is 11.0. The molecule has 37 heavy (non-hydrogen) atoms. The average Bonchev–Trinajstić information content (AvgIpc) is 3.57. The van der Waals surface area contributed by atoms with Gasteiger partial charge in [-0.15, -0.1) is 0 Å². The molecule has 1 spiro atoms. The molecule has 0 saturated carbocycles. The van der Waals surface area contributed by atoms with E-state index in [-0.39, 0.29) is 30.3 Å². The predicted octanol–water partition coefficient (Wildman–Crippen LogP) is 4.61. The lowest BCUT2D eigenvalue weighted by Gasteiger charge is -2.27. The first-order chi connectivity index (χ1) is 17.3. The molecule has 0 bridgehead atoms. The van der Waals surface area contributed by atoms with Gasteiger partial charge in [-0.25, -0.2) is 4.79 Å². The minimum atomic E-state index is -5.72. The van der Waals surface area contributed by atoms with E-state index in [0.717, 1.165) is 44.0 Å². The molecule has 206 valence electrons. The van der Waals surface area contributed by atoms with E-state index in [0.29, 0.717) is 19.6 Å². The van der Waals surface area contributed by atoms with Gasteiger partial charge in [-0.2, -0.15) is 26.3 Å². The third kappa shape index (κ3) is 5.36. The largest absolute Gasteiger partial charge is 0.434 e. The van der Waals surface area contributed by atoms with Gasteiger partial charge in [-0.3, -0.25) is 4.90 Å². The van der Waals surface area contributed by atoms with Crippen molar-refractivity contribution in [2.75, 3.05) is 57.4 Å². The molecule has 1 amide bonds. The zero-order chi connectivity index (χ0) is 26.6. The van der Waals surface area contributed by atoms with E-state index in [1.54, 1.807) is 0 Å². The normalized spacial score (nSPS) is 28.6. The van der Waals surface area contributed by atoms with Crippen molar-refractivity contribution in [1.82, 2.24) is 9.80 Å². The van der Waals surface area contributed by atoms with Gasteiger partial charge in [-0.1, -0.05) is 12.1 Å². The average molecular weight is 536 g/mol. The number of carbonyl (C=O) groups excluding carboxylic acids is 1. The number of hydrogen-bond acceptors (Lipinski definition) is 5. The minimum Gasteiger partial charge on any atom is -0.426 e. The molecule has 3 unspecified atom stereocenters. The lowest BCUT2D eigenvalue weighted by Crippen LogP contribution is -2.48. The van der Waals surface area contributed by atoms with E-state index in [4.69, 9.17) is 4.74 Å². The van der Waals surface area contributed by atoms with Gasteiger partial charge in [0.05, 0.1) is 6.61 Å². The third-order valence-corrected chi connectivity index (χ3v) is 8.41. The van der Waals surface area contributed by atoms with E-state index in [1.165, 1.54) is 16.8 Å². The van der Waals surface area contributed by atoms with Crippen LogP contribution in [0, 0.1) is 24.2 Å². The minimum absolute atomic E-state index is 0.0212. The van der Waals surface area contributed by atoms with E-state index >= 15 is 0 Å². The van der Waals surface area contributed by atoms with E-state index < -0.39 is 24.5 Å². The summed E-state index contributed by atoms with van der Waals surface area (Å²) in [4.78, 5) is 17.8. The number of benzene rings is 1. The van der Waals surface area contributed by atoms with Crippen LogP contribution in [0.2, 0.25) is 0 Å². The number of hydrogen-bond donors (Lipinski definition) is 0. The number of rotatable bonds is 4. The van der Waals surface area contributed by atoms with Crippen LogP contribution in [0.5, 0.6) is 0 Å². The molecular weight excluding hydrogens is 504 g/mol. The molecular formula is C25H31F6N3O3. The molecule has 5 rings (SSSR count). The Hall–Kier alpha value is -2.21. The summed E-state index contributed by atoms with van der Waals surface area (Å²) in [6.45, 7) is 7.84. The molecule has 0 radical (unpaired) electrons. The Bertz CT molecular complexity index is 982. The molecule has 4 aliphatic heterocycles. The van der Waals surface area contributed by atoms with Crippen molar-refractivity contribution in [1.29, 1.82) is 0 Å². The molecule has 6 nitrogen and oxygen atoms in total. The molecule has 4 saturated heterocycles. The van der Waals surface area contributed by atoms with Gasteiger partial charge in [0.2, 0.25) is 0 Å². The maximum atomic E-state index is 12.8. The van der Waals surface area contributed by atoms with Crippen LogP contribution >= 0.6 is 0 Å². The summed E-state index contributed by atoms with van der Waals surface area (Å²) < 4.78 is 86.1. The first kappa shape index (κ1) is 26.4. The van der Waals surface area contributed by atoms with Crippen LogP contribution in [-0.4, -0.2) is 86.8 Å². The highest BCUT2D eigenvalue weighted by Gasteiger charge is 2.60. The number of ether oxygens (including phenoxy) is 2. The summed E-state index contributed by atoms with van der Waals surface area (Å²) in [7, 11) is 0. The van der Waals surface area contributed by atoms with Crippen molar-refractivity contribution >= 4 is 11.8 Å². The Kier molecular flexibility index (Phi) is 6.79. The fourth-order valence-corrected chi connectivity index (χ4v) is 6.40. The van der Waals surface area contributed by atoms with Gasteiger partial charge in [-0.05, 0) is 48.8 Å². The number of fused-ring (bicyclic) bond motifs is 1. The van der Waals surface area contributed by atoms with E-state index in [9.17, 15) is 31.1 Å². The van der Waals surface area contributed by atoms with Gasteiger partial charge in [0.15, 0.2) is 0 Å². The van der Waals surface area contributed by atoms with Gasteiger partial charge in [0, 0.05) is 63.5 Å². The van der Waals surface area contributed by atoms with Crippen molar-refractivity contribution in [2.45, 2.75) is 44.8 Å². The second kappa shape index (κ2) is 9.52. The molecule has 12 heteroatoms. The Morgan fingerprint density at radius 2 is 1.76 bits per heavy atom. The quantitative estimate of drug-likeness (QED) is 0.528. The molecule has 0 aromatic heterocycles. The zero-order valence-corrected chi connectivity index (χ0v) is 20.6. The Balaban J connectivity index is 1.17. The van der Waals surface area contributed by atoms with Crippen LogP contribution in [0.3, 0.4) is 0 Å². The van der Waals surface area contributed by atoms with E-state index in [1.807, 2.05) is 0 Å². The topological polar surface area (TPSA) is 45.2 Å². The van der Waals surface area contributed by atoms with Crippen molar-refractivity contribution in [3.63, 3.8) is 0 Å². The molecule has 0 N–H and O–H groups in total. The van der Waals surface area contributed by atoms with Crippen LogP contribution in [-0.2, 0) is 16.0 Å². The molecule has 4 heterocycles. The molecule has 1 aromatic carbocycles. The summed E-state index contributed by atoms with van der Waals surface area (Å²) >= 11 is 0. The summed E-state index contributed by atoms with van der Waals surface area (Å²) in [6, 6.07) is 6.29. The molecule has 4 aliphatic rings. The lowest BCUT2D eigenvalue weighted by molar-refractivity contribution is -0.308. The summed E-state index contributed by atoms with van der Waals surface area (Å²) in [5.41, 5.74) is 3.88. The van der Waals surface area contributed by atoms with Gasteiger partial charge in [0.1, 0.15) is 0 Å². The Morgan fingerprint density at radius 3 is 2.35 bits per heavy atom. The third-order valence-electron chi connectivity index (χ3n) is 8.41. The molecule has 4 fully saturated rings. The van der Waals surface area contributed by atoms with Gasteiger partial charge >= 0.3 is 18.4 Å². The standard InChI is InChI=1S/C25H31F6N3O3/c1-16-17(3-2-4-20(16)33-7-5-23(14-33)6-8-36-15-23)9-32-10-18-12-34(13-19(18)11-32)22(35)37-21(24(26,27)28)25(29,30)31/h2-4,18-19,21H,5-15H2,1H3. The van der Waals surface area contributed by atoms with Crippen LogP contribution in [0.15, 0.2) is 18.2 Å². The number of anilines is 1. The lowest BCUT2D eigenvalue weighted by atomic mass is 9.87. The zero-order valence-electron chi connectivity index (χ0n) is 20.6. The number of carbonyl (C=O) groups is 1. The fourth-order valence-electron chi connectivity index (χ4n) is 6.40. The predicted molar refractivity (Wildman–Crippen MR) is 122 cm³/mol. The monoisotopic (exact) mass is 535 g/mol. The number of halogens is 6. The van der Waals surface area contributed by atoms with Crippen molar-refractivity contribution < 1.29 is 40.6 Å². The summed E-state index contributed by atoms with van der Waals surface area (Å²) in [5.74, 6) is -0.0425. The van der Waals surface area contributed by atoms with Gasteiger partial charge in [0.25, 0.3) is 6.10 Å². The maximum absolute atomic E-state index is 12.8. The highest BCUT2D eigenvalue weighted by atomic mass is 19.4. The summed E-state index contributed by atoms with van der Waals surface area (Å²) in [6.07, 6.45) is -14.9. The molecule has 1 aromatic rings. The fraction of sp³-hybridized carbons (Fsp3) is 0.720. The first-order valence-electron chi connectivity index (χ1n) is 12.6. The first-order valence-corrected chi connectivity index (χ1v) is 12.6. The van der Waals surface area contributed by atoms with Crippen molar-refractivity contribution in [3.8, 4) is 0 Å². The number of nitrogens with zero attached hydrogens (tertiary/aromatic N) is 3. The summed E-state index contributed by atoms with van der Waals surface area (Å²) in [5, 5.41) is 0. The van der Waals surface area contributed by atoms with Crippen molar-refractivity contribution in [2.24, 2.45) is 17.3 Å². The second-order valence-electron chi connectivity index (χ2n) is 11.0. The highest BCUT2D eigenvalue weighted by Crippen LogP contribution is 2.42. The smallest absolute Gasteiger partial charge is 0.426 e. The molecule has 0 aliphatic carbocycles. The SMILES string of the molecule is Cc1c(CN2CC3CN(C(=O)OC(C(F)(F)F)C(F)(F)F)CC3C2)cccc1N1CCC2(CCOC2)C1.